The lowest BCUT2D eigenvalue weighted by Gasteiger charge is -2.23. The van der Waals surface area contributed by atoms with Gasteiger partial charge in [0.25, 0.3) is 0 Å². The van der Waals surface area contributed by atoms with Crippen LogP contribution in [0.5, 0.6) is 11.6 Å². The average Bonchev–Trinajstić information content (AvgIpc) is 2.48. The fourth-order valence-electron chi connectivity index (χ4n) is 1.83. The number of ether oxygens (including phenoxy) is 1. The van der Waals surface area contributed by atoms with Gasteiger partial charge < -0.3 is 10.1 Å². The van der Waals surface area contributed by atoms with Crippen molar-refractivity contribution in [3.05, 3.63) is 42.2 Å². The first-order chi connectivity index (χ1) is 9.55. The van der Waals surface area contributed by atoms with E-state index in [-0.39, 0.29) is 5.41 Å². The third-order valence-corrected chi connectivity index (χ3v) is 3.64. The quantitative estimate of drug-likeness (QED) is 0.893. The summed E-state index contributed by atoms with van der Waals surface area (Å²) in [6, 6.07) is 9.95. The molecule has 0 unspecified atom stereocenters. The van der Waals surface area contributed by atoms with Crippen molar-refractivity contribution < 1.29 is 4.74 Å². The molecule has 0 amide bonds. The zero-order valence-electron chi connectivity index (χ0n) is 12.5. The van der Waals surface area contributed by atoms with Gasteiger partial charge in [-0.25, -0.2) is 9.97 Å². The molecule has 2 rings (SSSR count). The normalized spacial score (nSPS) is 11.2. The molecule has 20 heavy (non-hydrogen) atoms. The van der Waals surface area contributed by atoms with Crippen LogP contribution < -0.4 is 10.1 Å². The standard InChI is InChI=1S/C16H21N3O/c1-5-16(2,3)12-6-8-13(9-7-12)20-15-10-14(17-4)18-11-19-15/h6-11H,5H2,1-4H3,(H,17,18,19). The van der Waals surface area contributed by atoms with Crippen LogP contribution in [0.2, 0.25) is 0 Å². The van der Waals surface area contributed by atoms with Crippen LogP contribution in [0.15, 0.2) is 36.7 Å². The predicted molar refractivity (Wildman–Crippen MR) is 81.4 cm³/mol. The van der Waals surface area contributed by atoms with Crippen LogP contribution in [-0.4, -0.2) is 17.0 Å². The van der Waals surface area contributed by atoms with Crippen LogP contribution in [0.1, 0.15) is 32.8 Å². The summed E-state index contributed by atoms with van der Waals surface area (Å²) in [7, 11) is 1.81. The van der Waals surface area contributed by atoms with Crippen molar-refractivity contribution in [2.24, 2.45) is 0 Å². The van der Waals surface area contributed by atoms with Crippen molar-refractivity contribution in [3.63, 3.8) is 0 Å². The maximum atomic E-state index is 5.73. The summed E-state index contributed by atoms with van der Waals surface area (Å²) in [6.07, 6.45) is 2.58. The van der Waals surface area contributed by atoms with Gasteiger partial charge in [0.05, 0.1) is 0 Å². The van der Waals surface area contributed by atoms with Crippen LogP contribution in [0.3, 0.4) is 0 Å². The Morgan fingerprint density at radius 3 is 2.45 bits per heavy atom. The van der Waals surface area contributed by atoms with Gasteiger partial charge >= 0.3 is 0 Å². The Morgan fingerprint density at radius 2 is 1.85 bits per heavy atom. The first-order valence-corrected chi connectivity index (χ1v) is 6.83. The van der Waals surface area contributed by atoms with E-state index in [2.05, 4.69) is 48.2 Å². The number of nitrogens with one attached hydrogen (secondary N) is 1. The molecular formula is C16H21N3O. The third kappa shape index (κ3) is 3.26. The van der Waals surface area contributed by atoms with Crippen LogP contribution in [-0.2, 0) is 5.41 Å². The van der Waals surface area contributed by atoms with Gasteiger partial charge in [0.1, 0.15) is 17.9 Å². The second-order valence-electron chi connectivity index (χ2n) is 5.36. The zero-order valence-corrected chi connectivity index (χ0v) is 12.5. The van der Waals surface area contributed by atoms with Crippen LogP contribution in [0.25, 0.3) is 0 Å². The molecule has 4 nitrogen and oxygen atoms in total. The van der Waals surface area contributed by atoms with Crippen molar-refractivity contribution in [1.29, 1.82) is 0 Å². The number of aromatic nitrogens is 2. The molecule has 0 saturated carbocycles. The van der Waals surface area contributed by atoms with Gasteiger partial charge in [-0.15, -0.1) is 0 Å². The molecule has 0 aliphatic heterocycles. The number of benzene rings is 1. The Bertz CT molecular complexity index is 564. The molecule has 1 N–H and O–H groups in total. The SMILES string of the molecule is CCC(C)(C)c1ccc(Oc2cc(NC)ncn2)cc1. The topological polar surface area (TPSA) is 47.0 Å². The Kier molecular flexibility index (Phi) is 4.23. The molecule has 0 aliphatic carbocycles. The fraction of sp³-hybridized carbons (Fsp3) is 0.375. The van der Waals surface area contributed by atoms with E-state index in [1.165, 1.54) is 11.9 Å². The molecule has 1 aromatic heterocycles. The Hall–Kier alpha value is -2.10. The second kappa shape index (κ2) is 5.90. The second-order valence-corrected chi connectivity index (χ2v) is 5.36. The molecular weight excluding hydrogens is 250 g/mol. The monoisotopic (exact) mass is 271 g/mol. The molecule has 106 valence electrons. The molecule has 0 radical (unpaired) electrons. The van der Waals surface area contributed by atoms with Crippen LogP contribution in [0, 0.1) is 0 Å². The Morgan fingerprint density at radius 1 is 1.15 bits per heavy atom. The minimum absolute atomic E-state index is 0.187. The summed E-state index contributed by atoms with van der Waals surface area (Å²) in [5.41, 5.74) is 1.50. The summed E-state index contributed by atoms with van der Waals surface area (Å²) in [5.74, 6) is 2.05. The van der Waals surface area contributed by atoms with Crippen molar-refractivity contribution in [3.8, 4) is 11.6 Å². The molecule has 1 heterocycles. The number of hydrogen-bond acceptors (Lipinski definition) is 4. The lowest BCUT2D eigenvalue weighted by atomic mass is 9.82. The molecule has 0 atom stereocenters. The lowest BCUT2D eigenvalue weighted by Crippen LogP contribution is -2.14. The largest absolute Gasteiger partial charge is 0.439 e. The van der Waals surface area contributed by atoms with Gasteiger partial charge in [0.2, 0.25) is 5.88 Å². The van der Waals surface area contributed by atoms with Gasteiger partial charge in [-0.3, -0.25) is 0 Å². The fourth-order valence-corrected chi connectivity index (χ4v) is 1.83. The molecule has 0 saturated heterocycles. The average molecular weight is 271 g/mol. The molecule has 0 aliphatic rings. The summed E-state index contributed by atoms with van der Waals surface area (Å²) in [5, 5.41) is 2.96. The van der Waals surface area contributed by atoms with E-state index in [0.717, 1.165) is 18.0 Å². The highest BCUT2D eigenvalue weighted by atomic mass is 16.5. The van der Waals surface area contributed by atoms with Gasteiger partial charge in [-0.05, 0) is 29.5 Å². The van der Waals surface area contributed by atoms with E-state index in [0.29, 0.717) is 5.88 Å². The molecule has 0 bridgehead atoms. The van der Waals surface area contributed by atoms with Crippen LogP contribution in [0.4, 0.5) is 5.82 Å². The van der Waals surface area contributed by atoms with Crippen molar-refractivity contribution in [1.82, 2.24) is 9.97 Å². The Labute approximate surface area is 120 Å². The highest BCUT2D eigenvalue weighted by Gasteiger charge is 2.17. The highest BCUT2D eigenvalue weighted by Crippen LogP contribution is 2.29. The van der Waals surface area contributed by atoms with Crippen molar-refractivity contribution in [2.45, 2.75) is 32.6 Å². The van der Waals surface area contributed by atoms with Crippen molar-refractivity contribution >= 4 is 5.82 Å². The predicted octanol–water partition coefficient (Wildman–Crippen LogP) is 4.00. The number of nitrogens with zero attached hydrogens (tertiary/aromatic N) is 2. The van der Waals surface area contributed by atoms with E-state index in [4.69, 9.17) is 4.74 Å². The maximum Gasteiger partial charge on any atom is 0.224 e. The lowest BCUT2D eigenvalue weighted by molar-refractivity contribution is 0.459. The maximum absolute atomic E-state index is 5.73. The summed E-state index contributed by atoms with van der Waals surface area (Å²) in [6.45, 7) is 6.68. The Balaban J connectivity index is 2.14. The molecule has 1 aromatic carbocycles. The molecule has 4 heteroatoms. The van der Waals surface area contributed by atoms with Gasteiger partial charge in [0.15, 0.2) is 0 Å². The summed E-state index contributed by atoms with van der Waals surface area (Å²) < 4.78 is 5.73. The smallest absolute Gasteiger partial charge is 0.224 e. The van der Waals surface area contributed by atoms with E-state index in [9.17, 15) is 0 Å². The first kappa shape index (κ1) is 14.3. The van der Waals surface area contributed by atoms with E-state index >= 15 is 0 Å². The van der Waals surface area contributed by atoms with E-state index in [1.807, 2.05) is 19.2 Å². The minimum atomic E-state index is 0.187. The van der Waals surface area contributed by atoms with E-state index in [1.54, 1.807) is 6.07 Å². The van der Waals surface area contributed by atoms with Gasteiger partial charge in [0, 0.05) is 13.1 Å². The summed E-state index contributed by atoms with van der Waals surface area (Å²) in [4.78, 5) is 8.15. The van der Waals surface area contributed by atoms with E-state index < -0.39 is 0 Å². The molecule has 2 aromatic rings. The van der Waals surface area contributed by atoms with Gasteiger partial charge in [-0.2, -0.15) is 0 Å². The number of hydrogen-bond donors (Lipinski definition) is 1. The highest BCUT2D eigenvalue weighted by molar-refractivity contribution is 5.39. The molecule has 0 spiro atoms. The van der Waals surface area contributed by atoms with Crippen molar-refractivity contribution in [2.75, 3.05) is 12.4 Å². The van der Waals surface area contributed by atoms with Crippen LogP contribution >= 0.6 is 0 Å². The third-order valence-electron chi connectivity index (χ3n) is 3.64. The molecule has 0 fully saturated rings. The first-order valence-electron chi connectivity index (χ1n) is 6.83. The minimum Gasteiger partial charge on any atom is -0.439 e. The number of rotatable bonds is 5. The zero-order chi connectivity index (χ0) is 14.6. The van der Waals surface area contributed by atoms with Gasteiger partial charge in [-0.1, -0.05) is 32.9 Å². The summed E-state index contributed by atoms with van der Waals surface area (Å²) >= 11 is 0. The number of anilines is 1.